The van der Waals surface area contributed by atoms with Crippen molar-refractivity contribution in [2.24, 2.45) is 5.41 Å². The Labute approximate surface area is 131 Å². The number of hydrogen-bond donors (Lipinski definition) is 2. The van der Waals surface area contributed by atoms with E-state index in [0.29, 0.717) is 0 Å². The van der Waals surface area contributed by atoms with Crippen LogP contribution in [0.1, 0.15) is 32.6 Å². The van der Waals surface area contributed by atoms with Gasteiger partial charge in [0.2, 0.25) is 5.91 Å². The predicted octanol–water partition coefficient (Wildman–Crippen LogP) is 3.84. The first-order chi connectivity index (χ1) is 9.98. The number of carbonyl (C=O) groups excluding carboxylic acids is 1. The van der Waals surface area contributed by atoms with Gasteiger partial charge in [-0.3, -0.25) is 4.79 Å². The highest BCUT2D eigenvalue weighted by Crippen LogP contribution is 2.36. The average Bonchev–Trinajstić information content (AvgIpc) is 2.46. The minimum atomic E-state index is -0.760. The fourth-order valence-corrected chi connectivity index (χ4v) is 3.19. The number of hydrogen-bond acceptors (Lipinski definition) is 2. The maximum Gasteiger partial charge on any atom is 0.230 e. The van der Waals surface area contributed by atoms with Crippen LogP contribution in [-0.4, -0.2) is 19.0 Å². The Balaban J connectivity index is 2.21. The molecule has 1 aliphatic rings. The van der Waals surface area contributed by atoms with Crippen molar-refractivity contribution in [2.75, 3.05) is 18.4 Å². The molecule has 1 amide bonds. The van der Waals surface area contributed by atoms with Gasteiger partial charge in [-0.2, -0.15) is 0 Å². The molecule has 2 N–H and O–H groups in total. The molecule has 6 heteroatoms. The van der Waals surface area contributed by atoms with Crippen LogP contribution in [0.15, 0.2) is 16.6 Å². The Morgan fingerprint density at radius 2 is 2.00 bits per heavy atom. The third-order valence-corrected chi connectivity index (χ3v) is 4.64. The molecule has 116 valence electrons. The average molecular weight is 361 g/mol. The van der Waals surface area contributed by atoms with Crippen LogP contribution in [0.4, 0.5) is 14.5 Å². The van der Waals surface area contributed by atoms with Crippen molar-refractivity contribution in [1.82, 2.24) is 5.32 Å². The molecule has 0 spiro atoms. The maximum absolute atomic E-state index is 13.8. The molecule has 0 radical (unpaired) electrons. The first-order valence-electron chi connectivity index (χ1n) is 7.15. The summed E-state index contributed by atoms with van der Waals surface area (Å²) in [4.78, 5) is 12.6. The number of rotatable bonds is 4. The minimum absolute atomic E-state index is 0.0160. The fraction of sp³-hybridized carbons (Fsp3) is 0.533. The molecule has 1 aromatic carbocycles. The van der Waals surface area contributed by atoms with Crippen LogP contribution in [0.25, 0.3) is 0 Å². The van der Waals surface area contributed by atoms with E-state index in [1.807, 2.05) is 6.92 Å². The van der Waals surface area contributed by atoms with Crippen molar-refractivity contribution in [3.8, 4) is 0 Å². The standard InChI is InChI=1S/C15H19BrF2N2O/c1-2-3-15(4-6-19-7-5-15)14(21)20-13-8-10(16)11(17)9-12(13)18/h8-9,19H,2-7H2,1H3,(H,20,21). The second-order valence-electron chi connectivity index (χ2n) is 5.48. The summed E-state index contributed by atoms with van der Waals surface area (Å²) in [5.74, 6) is -1.62. The highest BCUT2D eigenvalue weighted by molar-refractivity contribution is 9.10. The van der Waals surface area contributed by atoms with Crippen LogP contribution in [0, 0.1) is 17.0 Å². The van der Waals surface area contributed by atoms with Crippen LogP contribution in [-0.2, 0) is 4.79 Å². The Morgan fingerprint density at radius 3 is 2.62 bits per heavy atom. The number of nitrogens with one attached hydrogen (secondary N) is 2. The van der Waals surface area contributed by atoms with Gasteiger partial charge in [0.05, 0.1) is 15.6 Å². The molecule has 1 fully saturated rings. The Hall–Kier alpha value is -1.01. The Kier molecular flexibility index (Phi) is 5.32. The van der Waals surface area contributed by atoms with E-state index >= 15 is 0 Å². The zero-order chi connectivity index (χ0) is 15.5. The summed E-state index contributed by atoms with van der Waals surface area (Å²) in [6.07, 6.45) is 3.13. The summed E-state index contributed by atoms with van der Waals surface area (Å²) in [6.45, 7) is 3.60. The Morgan fingerprint density at radius 1 is 1.33 bits per heavy atom. The summed E-state index contributed by atoms with van der Waals surface area (Å²) in [5.41, 5.74) is -0.449. The molecule has 3 nitrogen and oxygen atoms in total. The summed E-state index contributed by atoms with van der Waals surface area (Å²) in [5, 5.41) is 5.87. The van der Waals surface area contributed by atoms with Crippen LogP contribution in [0.3, 0.4) is 0 Å². The highest BCUT2D eigenvalue weighted by atomic mass is 79.9. The van der Waals surface area contributed by atoms with Gasteiger partial charge in [-0.05, 0) is 54.3 Å². The lowest BCUT2D eigenvalue weighted by Crippen LogP contribution is -2.45. The number of halogens is 3. The number of carbonyl (C=O) groups is 1. The molecular formula is C15H19BrF2N2O. The normalized spacial score (nSPS) is 17.5. The molecule has 1 heterocycles. The van der Waals surface area contributed by atoms with E-state index in [-0.39, 0.29) is 16.1 Å². The lowest BCUT2D eigenvalue weighted by atomic mass is 9.74. The Bertz CT molecular complexity index is 525. The summed E-state index contributed by atoms with van der Waals surface area (Å²) < 4.78 is 27.2. The fourth-order valence-electron chi connectivity index (χ4n) is 2.85. The van der Waals surface area contributed by atoms with Crippen molar-refractivity contribution in [3.63, 3.8) is 0 Å². The van der Waals surface area contributed by atoms with Crippen molar-refractivity contribution in [3.05, 3.63) is 28.2 Å². The zero-order valence-electron chi connectivity index (χ0n) is 11.9. The molecule has 1 aromatic rings. The van der Waals surface area contributed by atoms with E-state index in [0.717, 1.165) is 44.8 Å². The van der Waals surface area contributed by atoms with Crippen molar-refractivity contribution in [1.29, 1.82) is 0 Å². The van der Waals surface area contributed by atoms with Gasteiger partial charge in [0, 0.05) is 6.07 Å². The second kappa shape index (κ2) is 6.83. The van der Waals surface area contributed by atoms with Crippen LogP contribution < -0.4 is 10.6 Å². The molecule has 0 unspecified atom stereocenters. The lowest BCUT2D eigenvalue weighted by molar-refractivity contribution is -0.127. The van der Waals surface area contributed by atoms with Crippen LogP contribution in [0.2, 0.25) is 0 Å². The van der Waals surface area contributed by atoms with Crippen molar-refractivity contribution < 1.29 is 13.6 Å². The minimum Gasteiger partial charge on any atom is -0.323 e. The predicted molar refractivity (Wildman–Crippen MR) is 82.1 cm³/mol. The van der Waals surface area contributed by atoms with Gasteiger partial charge in [0.25, 0.3) is 0 Å². The van der Waals surface area contributed by atoms with E-state index < -0.39 is 17.0 Å². The lowest BCUT2D eigenvalue weighted by Gasteiger charge is -2.36. The quantitative estimate of drug-likeness (QED) is 0.801. The molecule has 0 aliphatic carbocycles. The summed E-state index contributed by atoms with van der Waals surface area (Å²) in [7, 11) is 0. The number of piperidine rings is 1. The molecule has 0 aromatic heterocycles. The topological polar surface area (TPSA) is 41.1 Å². The molecule has 0 bridgehead atoms. The maximum atomic E-state index is 13.8. The second-order valence-corrected chi connectivity index (χ2v) is 6.33. The van der Waals surface area contributed by atoms with Gasteiger partial charge < -0.3 is 10.6 Å². The van der Waals surface area contributed by atoms with E-state index in [9.17, 15) is 13.6 Å². The smallest absolute Gasteiger partial charge is 0.230 e. The first-order valence-corrected chi connectivity index (χ1v) is 7.94. The SMILES string of the molecule is CCCC1(C(=O)Nc2cc(Br)c(F)cc2F)CCNCC1. The van der Waals surface area contributed by atoms with E-state index in [1.165, 1.54) is 6.07 Å². The molecule has 1 saturated heterocycles. The van der Waals surface area contributed by atoms with E-state index in [1.54, 1.807) is 0 Å². The molecule has 21 heavy (non-hydrogen) atoms. The van der Waals surface area contributed by atoms with Crippen LogP contribution >= 0.6 is 15.9 Å². The summed E-state index contributed by atoms with van der Waals surface area (Å²) >= 11 is 3.01. The third kappa shape index (κ3) is 3.61. The van der Waals surface area contributed by atoms with Crippen molar-refractivity contribution in [2.45, 2.75) is 32.6 Å². The molecule has 0 saturated carbocycles. The third-order valence-electron chi connectivity index (χ3n) is 4.03. The van der Waals surface area contributed by atoms with E-state index in [2.05, 4.69) is 26.6 Å². The zero-order valence-corrected chi connectivity index (χ0v) is 13.5. The molecule has 0 atom stereocenters. The van der Waals surface area contributed by atoms with Gasteiger partial charge in [-0.1, -0.05) is 13.3 Å². The number of benzene rings is 1. The largest absolute Gasteiger partial charge is 0.323 e. The summed E-state index contributed by atoms with van der Waals surface area (Å²) in [6, 6.07) is 2.04. The van der Waals surface area contributed by atoms with Gasteiger partial charge in [-0.15, -0.1) is 0 Å². The molecule has 1 aliphatic heterocycles. The molecule has 2 rings (SSSR count). The van der Waals surface area contributed by atoms with Gasteiger partial charge >= 0.3 is 0 Å². The van der Waals surface area contributed by atoms with Crippen LogP contribution in [0.5, 0.6) is 0 Å². The monoisotopic (exact) mass is 360 g/mol. The van der Waals surface area contributed by atoms with Gasteiger partial charge in [-0.25, -0.2) is 8.78 Å². The van der Waals surface area contributed by atoms with Crippen molar-refractivity contribution >= 4 is 27.5 Å². The first kappa shape index (κ1) is 16.4. The van der Waals surface area contributed by atoms with E-state index in [4.69, 9.17) is 0 Å². The van der Waals surface area contributed by atoms with Gasteiger partial charge in [0.15, 0.2) is 0 Å². The molecular weight excluding hydrogens is 342 g/mol. The number of anilines is 1. The highest BCUT2D eigenvalue weighted by Gasteiger charge is 2.38. The van der Waals surface area contributed by atoms with Gasteiger partial charge in [0.1, 0.15) is 11.6 Å². The number of amides is 1.